The minimum Gasteiger partial charge on any atom is -0.668 e. The number of rotatable bonds is 2. The Kier molecular flexibility index (Phi) is 18.2. The molecule has 82 valence electrons. The fraction of sp³-hybridized carbons (Fsp3) is 0.900. The number of nitrogens with zero attached hydrogens (tertiary/aromatic N) is 1. The van der Waals surface area contributed by atoms with Crippen LogP contribution in [0.15, 0.2) is 0 Å². The molecule has 0 saturated heterocycles. The van der Waals surface area contributed by atoms with E-state index in [0.29, 0.717) is 0 Å². The Balaban J connectivity index is -0.0000000883. The molecule has 0 radical (unpaired) electrons. The molecule has 5 heteroatoms. The van der Waals surface area contributed by atoms with E-state index in [1.165, 1.54) is 5.92 Å². The van der Waals surface area contributed by atoms with E-state index < -0.39 is 16.5 Å². The first-order chi connectivity index (χ1) is 5.44. The predicted molar refractivity (Wildman–Crippen MR) is 70.3 cm³/mol. The molecule has 0 N–H and O–H groups in total. The Morgan fingerprint density at radius 1 is 0.667 bits per heavy atom. The molecule has 0 saturated carbocycles. The molecule has 0 aromatic carbocycles. The van der Waals surface area contributed by atoms with Crippen LogP contribution in [0.1, 0.15) is 20.8 Å². The van der Waals surface area contributed by atoms with Gasteiger partial charge in [-0.2, -0.15) is 20.8 Å². The molecule has 0 amide bonds. The van der Waals surface area contributed by atoms with Crippen molar-refractivity contribution in [3.63, 3.8) is 0 Å². The van der Waals surface area contributed by atoms with Gasteiger partial charge in [-0.05, 0) is 0 Å². The first-order valence-corrected chi connectivity index (χ1v) is 11.8. The summed E-state index contributed by atoms with van der Waals surface area (Å²) in [6.07, 6.45) is 0. The van der Waals surface area contributed by atoms with E-state index in [9.17, 15) is 0 Å². The normalized spacial score (nSPS) is 10.8. The molecule has 0 unspecified atom stereocenters. The van der Waals surface area contributed by atoms with Crippen LogP contribution in [0.25, 0.3) is 4.65 Å². The maximum atomic E-state index is 4.82. The molecule has 0 aromatic rings. The van der Waals surface area contributed by atoms with E-state index in [0.717, 1.165) is 0 Å². The second-order valence-electron chi connectivity index (χ2n) is 5.95. The van der Waals surface area contributed by atoms with Crippen LogP contribution < -0.4 is 37.7 Å². The fourth-order valence-electron chi connectivity index (χ4n) is 1.01. The summed E-state index contributed by atoms with van der Waals surface area (Å²) in [4.78, 5) is 0. The molecule has 1 nitrogen and oxygen atoms in total. The van der Waals surface area contributed by atoms with Crippen molar-refractivity contribution in [3.8, 4) is 0 Å². The largest absolute Gasteiger partial charge is 1.00 e. The Labute approximate surface area is 124 Å². The summed E-state index contributed by atoms with van der Waals surface area (Å²) in [7, 11) is -2.21. The van der Waals surface area contributed by atoms with Gasteiger partial charge in [-0.25, -0.2) is 0 Å². The summed E-state index contributed by atoms with van der Waals surface area (Å²) in [5, 5.41) is 0. The van der Waals surface area contributed by atoms with Gasteiger partial charge in [-0.15, -0.1) is 0 Å². The van der Waals surface area contributed by atoms with E-state index >= 15 is 0 Å². The predicted octanol–water partition coefficient (Wildman–Crippen LogP) is -1.34. The van der Waals surface area contributed by atoms with Crippen molar-refractivity contribution < 1.29 is 37.7 Å². The second-order valence-corrected chi connectivity index (χ2v) is 15.5. The molecule has 0 aliphatic rings. The molecule has 0 aliphatic carbocycles. The molecule has 0 fully saturated rings. The molecule has 0 aliphatic heterocycles. The van der Waals surface area contributed by atoms with Gasteiger partial charge >= 0.3 is 37.7 Å². The monoisotopic (exact) mass is 231 g/mol. The maximum Gasteiger partial charge on any atom is 1.00 e. The molecule has 15 heavy (non-hydrogen) atoms. The Hall–Kier alpha value is 1.59. The van der Waals surface area contributed by atoms with Crippen LogP contribution in [0.2, 0.25) is 39.3 Å². The maximum absolute atomic E-state index is 4.82. The SMILES string of the molecule is C[C-](C)C.C[Si](C)(C)[N-][Si](C)(C)C.[Li+].[Li+]. The van der Waals surface area contributed by atoms with Gasteiger partial charge in [-0.1, -0.05) is 55.8 Å². The smallest absolute Gasteiger partial charge is 0.668 e. The third-order valence-corrected chi connectivity index (χ3v) is 6.04. The summed E-state index contributed by atoms with van der Waals surface area (Å²) in [5.41, 5.74) is 0. The molecule has 0 atom stereocenters. The van der Waals surface area contributed by atoms with Crippen molar-refractivity contribution in [3.05, 3.63) is 10.6 Å². The molecular formula is C10H27Li2NSi2. The van der Waals surface area contributed by atoms with Gasteiger partial charge in [0.2, 0.25) is 0 Å². The zero-order valence-electron chi connectivity index (χ0n) is 12.9. The number of hydrogen-bond donors (Lipinski definition) is 0. The minimum absolute atomic E-state index is 0. The van der Waals surface area contributed by atoms with Crippen LogP contribution in [0.4, 0.5) is 0 Å². The first kappa shape index (κ1) is 25.4. The van der Waals surface area contributed by atoms with Crippen molar-refractivity contribution in [1.82, 2.24) is 0 Å². The van der Waals surface area contributed by atoms with Gasteiger partial charge < -0.3 is 10.6 Å². The second kappa shape index (κ2) is 10.7. The number of hydrogen-bond acceptors (Lipinski definition) is 0. The van der Waals surface area contributed by atoms with Gasteiger partial charge in [0, 0.05) is 0 Å². The van der Waals surface area contributed by atoms with Gasteiger partial charge in [0.15, 0.2) is 0 Å². The van der Waals surface area contributed by atoms with Crippen molar-refractivity contribution in [2.24, 2.45) is 0 Å². The van der Waals surface area contributed by atoms with Gasteiger partial charge in [0.05, 0.1) is 0 Å². The van der Waals surface area contributed by atoms with Crippen molar-refractivity contribution in [2.75, 3.05) is 0 Å². The van der Waals surface area contributed by atoms with E-state index in [-0.39, 0.29) is 37.7 Å². The third-order valence-electron chi connectivity index (χ3n) is 0.671. The Morgan fingerprint density at radius 2 is 0.800 bits per heavy atom. The van der Waals surface area contributed by atoms with E-state index in [1.807, 2.05) is 0 Å². The van der Waals surface area contributed by atoms with Gasteiger partial charge in [-0.3, -0.25) is 0 Å². The van der Waals surface area contributed by atoms with Crippen LogP contribution in [-0.2, 0) is 0 Å². The summed E-state index contributed by atoms with van der Waals surface area (Å²) in [6.45, 7) is 20.0. The standard InChI is InChI=1S/C6H18NSi2.C4H9.2Li/c1-8(2,3)7-9(4,5)6;1-4(2)3;;/h1-6H3;1-3H3;;/q2*-1;2*+1. The first-order valence-electron chi connectivity index (χ1n) is 4.95. The van der Waals surface area contributed by atoms with Crippen LogP contribution >= 0.6 is 0 Å². The van der Waals surface area contributed by atoms with Gasteiger partial charge in [0.1, 0.15) is 0 Å². The zero-order valence-corrected chi connectivity index (χ0v) is 14.9. The fourth-order valence-corrected chi connectivity index (χ4v) is 9.06. The average Bonchev–Trinajstić information content (AvgIpc) is 1.47. The summed E-state index contributed by atoms with van der Waals surface area (Å²) >= 11 is 0. The van der Waals surface area contributed by atoms with Crippen LogP contribution in [0.5, 0.6) is 0 Å². The van der Waals surface area contributed by atoms with Crippen molar-refractivity contribution >= 4 is 16.5 Å². The van der Waals surface area contributed by atoms with Gasteiger partial charge in [0.25, 0.3) is 0 Å². The molecule has 0 spiro atoms. The van der Waals surface area contributed by atoms with E-state index in [2.05, 4.69) is 60.1 Å². The molecule has 0 bridgehead atoms. The average molecular weight is 231 g/mol. The van der Waals surface area contributed by atoms with Crippen molar-refractivity contribution in [2.45, 2.75) is 60.1 Å². The van der Waals surface area contributed by atoms with Crippen molar-refractivity contribution in [1.29, 1.82) is 0 Å². The third kappa shape index (κ3) is 50.0. The topological polar surface area (TPSA) is 14.1 Å². The van der Waals surface area contributed by atoms with E-state index in [1.54, 1.807) is 0 Å². The van der Waals surface area contributed by atoms with Crippen LogP contribution in [0, 0.1) is 5.92 Å². The molecule has 0 heterocycles. The summed E-state index contributed by atoms with van der Waals surface area (Å²) < 4.78 is 4.82. The summed E-state index contributed by atoms with van der Waals surface area (Å²) in [6, 6.07) is 0. The van der Waals surface area contributed by atoms with Crippen LogP contribution in [0.3, 0.4) is 0 Å². The molecular weight excluding hydrogens is 204 g/mol. The Morgan fingerprint density at radius 3 is 0.800 bits per heavy atom. The zero-order chi connectivity index (χ0) is 11.3. The Bertz CT molecular complexity index is 114. The minimum atomic E-state index is -1.11. The molecule has 0 aromatic heterocycles. The summed E-state index contributed by atoms with van der Waals surface area (Å²) in [5.74, 6) is 1.42. The molecule has 0 rings (SSSR count). The van der Waals surface area contributed by atoms with Crippen LogP contribution in [-0.4, -0.2) is 16.5 Å². The van der Waals surface area contributed by atoms with E-state index in [4.69, 9.17) is 4.65 Å². The quantitative estimate of drug-likeness (QED) is 0.412.